The molecule has 0 aromatic carbocycles. The standard InChI is InChI=1S/C20H24N8O/c1-12(2)17-19-23-18(13-4-3-6-21-10-13)26-28(19)9-8-27(17)20(29)16-14-5-7-22-11-15(14)24-25-16/h3-4,6,10,12,17,22H,5,7-9,11H2,1-2H3,(H,24,25)/t17-/m1/s1. The van der Waals surface area contributed by atoms with Crippen LogP contribution < -0.4 is 5.32 Å². The fourth-order valence-corrected chi connectivity index (χ4v) is 4.28. The lowest BCUT2D eigenvalue weighted by molar-refractivity contribution is 0.0529. The molecular formula is C20H24N8O. The number of carbonyl (C=O) groups excluding carboxylic acids is 1. The second kappa shape index (κ2) is 7.07. The largest absolute Gasteiger partial charge is 0.325 e. The second-order valence-electron chi connectivity index (χ2n) is 7.90. The van der Waals surface area contributed by atoms with Gasteiger partial charge in [-0.15, -0.1) is 0 Å². The Kier molecular flexibility index (Phi) is 4.39. The summed E-state index contributed by atoms with van der Waals surface area (Å²) in [5, 5.41) is 15.4. The van der Waals surface area contributed by atoms with Crippen LogP contribution in [-0.2, 0) is 19.5 Å². The Bertz CT molecular complexity index is 1040. The van der Waals surface area contributed by atoms with Crippen molar-refractivity contribution in [1.82, 2.24) is 40.2 Å². The molecule has 150 valence electrons. The van der Waals surface area contributed by atoms with E-state index < -0.39 is 0 Å². The number of hydrogen-bond acceptors (Lipinski definition) is 6. The lowest BCUT2D eigenvalue weighted by Gasteiger charge is -2.37. The summed E-state index contributed by atoms with van der Waals surface area (Å²) in [6, 6.07) is 3.68. The van der Waals surface area contributed by atoms with Crippen LogP contribution >= 0.6 is 0 Å². The highest BCUT2D eigenvalue weighted by molar-refractivity contribution is 5.94. The van der Waals surface area contributed by atoms with E-state index in [-0.39, 0.29) is 17.9 Å². The highest BCUT2D eigenvalue weighted by atomic mass is 16.2. The Hall–Kier alpha value is -3.07. The Balaban J connectivity index is 1.51. The smallest absolute Gasteiger partial charge is 0.275 e. The third kappa shape index (κ3) is 3.02. The minimum Gasteiger partial charge on any atom is -0.325 e. The van der Waals surface area contributed by atoms with Crippen LogP contribution in [0, 0.1) is 5.92 Å². The minimum absolute atomic E-state index is 0.0275. The number of amides is 1. The number of nitrogens with zero attached hydrogens (tertiary/aromatic N) is 6. The highest BCUT2D eigenvalue weighted by Gasteiger charge is 2.38. The van der Waals surface area contributed by atoms with Crippen molar-refractivity contribution in [3.05, 3.63) is 47.3 Å². The molecule has 1 amide bonds. The number of fused-ring (bicyclic) bond motifs is 2. The van der Waals surface area contributed by atoms with Gasteiger partial charge in [0.1, 0.15) is 0 Å². The van der Waals surface area contributed by atoms with Crippen LogP contribution in [-0.4, -0.2) is 53.8 Å². The summed E-state index contributed by atoms with van der Waals surface area (Å²) in [6.45, 7) is 7.03. The van der Waals surface area contributed by atoms with Crippen molar-refractivity contribution in [1.29, 1.82) is 0 Å². The second-order valence-corrected chi connectivity index (χ2v) is 7.90. The van der Waals surface area contributed by atoms with Crippen molar-refractivity contribution in [2.24, 2.45) is 5.92 Å². The van der Waals surface area contributed by atoms with E-state index >= 15 is 0 Å². The van der Waals surface area contributed by atoms with Gasteiger partial charge in [-0.3, -0.25) is 14.9 Å². The van der Waals surface area contributed by atoms with Gasteiger partial charge in [0.2, 0.25) is 0 Å². The molecular weight excluding hydrogens is 368 g/mol. The fraction of sp³-hybridized carbons (Fsp3) is 0.450. The predicted octanol–water partition coefficient (Wildman–Crippen LogP) is 1.56. The minimum atomic E-state index is -0.150. The van der Waals surface area contributed by atoms with Crippen molar-refractivity contribution in [2.75, 3.05) is 13.1 Å². The molecule has 5 heterocycles. The van der Waals surface area contributed by atoms with Gasteiger partial charge < -0.3 is 10.2 Å². The van der Waals surface area contributed by atoms with Gasteiger partial charge in [-0.25, -0.2) is 9.67 Å². The molecule has 1 atom stereocenters. The molecule has 3 aromatic rings. The third-order valence-electron chi connectivity index (χ3n) is 5.67. The Morgan fingerprint density at radius 3 is 3.00 bits per heavy atom. The summed E-state index contributed by atoms with van der Waals surface area (Å²) in [6.07, 6.45) is 4.31. The lowest BCUT2D eigenvalue weighted by Crippen LogP contribution is -2.45. The molecule has 3 aromatic heterocycles. The molecule has 2 aliphatic rings. The lowest BCUT2D eigenvalue weighted by atomic mass is 9.98. The first-order chi connectivity index (χ1) is 14.1. The Morgan fingerprint density at radius 2 is 2.21 bits per heavy atom. The van der Waals surface area contributed by atoms with E-state index in [1.165, 1.54) is 0 Å². The molecule has 29 heavy (non-hydrogen) atoms. The molecule has 0 aliphatic carbocycles. The zero-order valence-corrected chi connectivity index (χ0v) is 16.6. The maximum Gasteiger partial charge on any atom is 0.275 e. The molecule has 0 radical (unpaired) electrons. The molecule has 2 aliphatic heterocycles. The first-order valence-corrected chi connectivity index (χ1v) is 10.1. The average molecular weight is 392 g/mol. The van der Waals surface area contributed by atoms with Crippen molar-refractivity contribution >= 4 is 5.91 Å². The molecule has 9 nitrogen and oxygen atoms in total. The Labute approximate surface area is 168 Å². The first-order valence-electron chi connectivity index (χ1n) is 10.1. The average Bonchev–Trinajstić information content (AvgIpc) is 3.37. The monoisotopic (exact) mass is 392 g/mol. The highest BCUT2D eigenvalue weighted by Crippen LogP contribution is 2.33. The summed E-state index contributed by atoms with van der Waals surface area (Å²) >= 11 is 0. The van der Waals surface area contributed by atoms with E-state index in [0.29, 0.717) is 24.6 Å². The van der Waals surface area contributed by atoms with Gasteiger partial charge in [-0.2, -0.15) is 10.2 Å². The third-order valence-corrected chi connectivity index (χ3v) is 5.67. The van der Waals surface area contributed by atoms with Crippen LogP contribution in [0.2, 0.25) is 0 Å². The van der Waals surface area contributed by atoms with Crippen LogP contribution in [0.3, 0.4) is 0 Å². The van der Waals surface area contributed by atoms with Crippen LogP contribution in [0.4, 0.5) is 0 Å². The van der Waals surface area contributed by atoms with E-state index in [2.05, 4.69) is 39.4 Å². The summed E-state index contributed by atoms with van der Waals surface area (Å²) in [5.41, 5.74) is 3.48. The fourth-order valence-electron chi connectivity index (χ4n) is 4.28. The van der Waals surface area contributed by atoms with Crippen molar-refractivity contribution in [3.63, 3.8) is 0 Å². The maximum atomic E-state index is 13.5. The number of aromatic nitrogens is 6. The number of rotatable bonds is 3. The van der Waals surface area contributed by atoms with Crippen molar-refractivity contribution < 1.29 is 4.79 Å². The van der Waals surface area contributed by atoms with Gasteiger partial charge in [-0.05, 0) is 31.0 Å². The van der Waals surface area contributed by atoms with Gasteiger partial charge in [0.05, 0.1) is 18.3 Å². The molecule has 5 rings (SSSR count). The molecule has 0 bridgehead atoms. The van der Waals surface area contributed by atoms with Gasteiger partial charge in [0.15, 0.2) is 17.3 Å². The van der Waals surface area contributed by atoms with E-state index in [1.807, 2.05) is 21.7 Å². The number of H-pyrrole nitrogens is 1. The summed E-state index contributed by atoms with van der Waals surface area (Å²) < 4.78 is 1.93. The van der Waals surface area contributed by atoms with Crippen LogP contribution in [0.15, 0.2) is 24.5 Å². The number of pyridine rings is 1. The van der Waals surface area contributed by atoms with Gasteiger partial charge in [-0.1, -0.05) is 13.8 Å². The molecule has 0 unspecified atom stereocenters. The SMILES string of the molecule is CC(C)[C@@H]1c2nc(-c3cccnc3)nn2CCN1C(=O)c1n[nH]c2c1CCNC2. The first kappa shape index (κ1) is 18.0. The van der Waals surface area contributed by atoms with Gasteiger partial charge in [0, 0.05) is 36.6 Å². The molecule has 0 spiro atoms. The zero-order valence-electron chi connectivity index (χ0n) is 16.6. The zero-order chi connectivity index (χ0) is 20.0. The van der Waals surface area contributed by atoms with E-state index in [9.17, 15) is 4.79 Å². The number of carbonyl (C=O) groups is 1. The number of nitrogens with one attached hydrogen (secondary N) is 2. The van der Waals surface area contributed by atoms with Crippen LogP contribution in [0.5, 0.6) is 0 Å². The summed E-state index contributed by atoms with van der Waals surface area (Å²) in [5.74, 6) is 1.64. The summed E-state index contributed by atoms with van der Waals surface area (Å²) in [7, 11) is 0. The van der Waals surface area contributed by atoms with E-state index in [0.717, 1.165) is 42.2 Å². The quantitative estimate of drug-likeness (QED) is 0.701. The molecule has 9 heteroatoms. The number of hydrogen-bond donors (Lipinski definition) is 2. The summed E-state index contributed by atoms with van der Waals surface area (Å²) in [4.78, 5) is 24.4. The predicted molar refractivity (Wildman–Crippen MR) is 106 cm³/mol. The van der Waals surface area contributed by atoms with Crippen LogP contribution in [0.1, 0.15) is 47.5 Å². The Morgan fingerprint density at radius 1 is 1.31 bits per heavy atom. The van der Waals surface area contributed by atoms with Crippen molar-refractivity contribution in [2.45, 2.75) is 39.4 Å². The van der Waals surface area contributed by atoms with E-state index in [4.69, 9.17) is 4.98 Å². The van der Waals surface area contributed by atoms with Gasteiger partial charge >= 0.3 is 0 Å². The normalized spacial score (nSPS) is 18.6. The van der Waals surface area contributed by atoms with Gasteiger partial charge in [0.25, 0.3) is 5.91 Å². The molecule has 0 saturated heterocycles. The molecule has 0 saturated carbocycles. The maximum absolute atomic E-state index is 13.5. The van der Waals surface area contributed by atoms with Crippen molar-refractivity contribution in [3.8, 4) is 11.4 Å². The molecule has 2 N–H and O–H groups in total. The molecule has 0 fully saturated rings. The van der Waals surface area contributed by atoms with Crippen LogP contribution in [0.25, 0.3) is 11.4 Å². The van der Waals surface area contributed by atoms with E-state index in [1.54, 1.807) is 12.4 Å². The topological polar surface area (TPSA) is 105 Å². The number of aromatic amines is 1.